The quantitative estimate of drug-likeness (QED) is 0.281. The van der Waals surface area contributed by atoms with Gasteiger partial charge in [0.2, 0.25) is 0 Å². The van der Waals surface area contributed by atoms with Gasteiger partial charge in [-0.2, -0.15) is 0 Å². The Balaban J connectivity index is 0.000000459. The fourth-order valence-corrected chi connectivity index (χ4v) is 5.12. The first kappa shape index (κ1) is 30.4. The van der Waals surface area contributed by atoms with Crippen LogP contribution in [0.25, 0.3) is 0 Å². The minimum atomic E-state index is -1.08. The van der Waals surface area contributed by atoms with E-state index in [9.17, 15) is 18.8 Å². The van der Waals surface area contributed by atoms with Crippen molar-refractivity contribution in [3.8, 4) is 0 Å². The number of aliphatic carboxylic acids is 2. The summed E-state index contributed by atoms with van der Waals surface area (Å²) in [5, 5.41) is 26.3. The third kappa shape index (κ3) is 9.82. The van der Waals surface area contributed by atoms with Gasteiger partial charge in [0.15, 0.2) is 0 Å². The summed E-state index contributed by atoms with van der Waals surface area (Å²) in [4.78, 5) is 31.9. The van der Waals surface area contributed by atoms with Gasteiger partial charge >= 0.3 is 11.9 Å². The third-order valence-electron chi connectivity index (χ3n) is 6.97. The van der Waals surface area contributed by atoms with Crippen LogP contribution in [-0.2, 0) is 29.0 Å². The maximum atomic E-state index is 14.7. The van der Waals surface area contributed by atoms with E-state index in [-0.39, 0.29) is 30.4 Å². The molecule has 5 N–H and O–H groups in total. The van der Waals surface area contributed by atoms with E-state index in [0.29, 0.717) is 11.6 Å². The van der Waals surface area contributed by atoms with Crippen molar-refractivity contribution in [3.05, 3.63) is 63.4 Å². The van der Waals surface area contributed by atoms with E-state index in [0.717, 1.165) is 62.9 Å². The van der Waals surface area contributed by atoms with Crippen LogP contribution in [0.4, 0.5) is 10.1 Å². The summed E-state index contributed by atoms with van der Waals surface area (Å²) in [6.45, 7) is 2.33. The van der Waals surface area contributed by atoms with Gasteiger partial charge in [-0.3, -0.25) is 14.4 Å². The first-order valence-electron chi connectivity index (χ1n) is 13.5. The number of carbonyl (C=O) groups is 3. The Hall–Kier alpha value is -3.17. The van der Waals surface area contributed by atoms with E-state index in [1.807, 2.05) is 12.1 Å². The molecule has 2 aliphatic rings. The van der Waals surface area contributed by atoms with Crippen molar-refractivity contribution in [1.29, 1.82) is 0 Å². The topological polar surface area (TPSA) is 128 Å². The van der Waals surface area contributed by atoms with Crippen LogP contribution in [0.2, 0.25) is 5.02 Å². The van der Waals surface area contributed by atoms with Crippen molar-refractivity contribution >= 4 is 35.1 Å². The Morgan fingerprint density at radius 1 is 0.949 bits per heavy atom. The molecule has 0 atom stereocenters. The molecule has 2 aromatic carbocycles. The fourth-order valence-electron chi connectivity index (χ4n) is 4.88. The number of nitrogens with one attached hydrogen (secondary N) is 3. The van der Waals surface area contributed by atoms with Gasteiger partial charge in [0.05, 0.1) is 29.1 Å². The molecule has 4 rings (SSSR count). The van der Waals surface area contributed by atoms with Crippen molar-refractivity contribution in [1.82, 2.24) is 10.6 Å². The third-order valence-corrected chi connectivity index (χ3v) is 7.29. The van der Waals surface area contributed by atoms with Crippen LogP contribution in [0, 0.1) is 5.82 Å². The Morgan fingerprint density at radius 2 is 1.62 bits per heavy atom. The van der Waals surface area contributed by atoms with Crippen molar-refractivity contribution in [3.63, 3.8) is 0 Å². The predicted octanol–water partition coefficient (Wildman–Crippen LogP) is 5.17. The first-order valence-corrected chi connectivity index (χ1v) is 13.9. The lowest BCUT2D eigenvalue weighted by molar-refractivity contribution is -0.143. The molecule has 0 unspecified atom stereocenters. The number of anilines is 1. The maximum absolute atomic E-state index is 14.7. The molecule has 1 amide bonds. The van der Waals surface area contributed by atoms with Crippen LogP contribution in [0.3, 0.4) is 0 Å². The van der Waals surface area contributed by atoms with Gasteiger partial charge in [-0.15, -0.1) is 0 Å². The standard InChI is InChI=1S/C25H31ClFN3O.C4H6O4/c26-22-10-8-18-11-13-28-14-12-20(18)24(22)29-16-17-7-9-21(23(27)15-17)25(31)30-19-5-3-1-2-4-6-19;5-3(6)1-2-4(7)8/h7-10,15,19,28-29H,1-6,11-14,16H2,(H,30,31);1-2H2,(H,5,6)(H,7,8). The summed E-state index contributed by atoms with van der Waals surface area (Å²) in [6.07, 6.45) is 7.93. The zero-order chi connectivity index (χ0) is 28.2. The lowest BCUT2D eigenvalue weighted by Crippen LogP contribution is -2.34. The molecule has 0 spiro atoms. The highest BCUT2D eigenvalue weighted by atomic mass is 35.5. The zero-order valence-corrected chi connectivity index (χ0v) is 22.8. The van der Waals surface area contributed by atoms with Crippen LogP contribution < -0.4 is 16.0 Å². The number of carboxylic acid groups (broad SMARTS) is 2. The van der Waals surface area contributed by atoms with Gasteiger partial charge in [0.25, 0.3) is 5.91 Å². The van der Waals surface area contributed by atoms with Crippen molar-refractivity contribution in [2.45, 2.75) is 76.8 Å². The number of halogens is 2. The number of hydrogen-bond acceptors (Lipinski definition) is 5. The van der Waals surface area contributed by atoms with E-state index < -0.39 is 17.8 Å². The Labute approximate surface area is 233 Å². The van der Waals surface area contributed by atoms with Crippen molar-refractivity contribution < 1.29 is 29.0 Å². The summed E-state index contributed by atoms with van der Waals surface area (Å²) in [7, 11) is 0. The molecule has 0 saturated heterocycles. The lowest BCUT2D eigenvalue weighted by atomic mass is 10.0. The molecule has 0 aromatic heterocycles. The van der Waals surface area contributed by atoms with Gasteiger partial charge in [0, 0.05) is 12.6 Å². The average Bonchev–Trinajstić information content (AvgIpc) is 3.30. The molecule has 1 aliphatic heterocycles. The van der Waals surface area contributed by atoms with Crippen LogP contribution in [-0.4, -0.2) is 47.2 Å². The van der Waals surface area contributed by atoms with Crippen molar-refractivity contribution in [2.75, 3.05) is 18.4 Å². The van der Waals surface area contributed by atoms with Gasteiger partial charge in [-0.05, 0) is 73.7 Å². The van der Waals surface area contributed by atoms with Gasteiger partial charge < -0.3 is 26.2 Å². The predicted molar refractivity (Wildman–Crippen MR) is 149 cm³/mol. The highest BCUT2D eigenvalue weighted by molar-refractivity contribution is 6.33. The molecule has 8 nitrogen and oxygen atoms in total. The summed E-state index contributed by atoms with van der Waals surface area (Å²) in [6, 6.07) is 9.03. The van der Waals surface area contributed by atoms with E-state index in [1.54, 1.807) is 6.07 Å². The van der Waals surface area contributed by atoms with Gasteiger partial charge in [-0.25, -0.2) is 4.39 Å². The Kier molecular flexibility index (Phi) is 12.0. The maximum Gasteiger partial charge on any atom is 0.303 e. The highest BCUT2D eigenvalue weighted by Gasteiger charge is 2.19. The minimum Gasteiger partial charge on any atom is -0.481 e. The number of carboxylic acids is 2. The molecule has 10 heteroatoms. The molecular formula is C29H37ClFN3O5. The highest BCUT2D eigenvalue weighted by Crippen LogP contribution is 2.31. The van der Waals surface area contributed by atoms with Crippen LogP contribution in [0.1, 0.15) is 78.4 Å². The number of fused-ring (bicyclic) bond motifs is 1. The normalized spacial score (nSPS) is 15.5. The van der Waals surface area contributed by atoms with E-state index in [1.165, 1.54) is 30.0 Å². The lowest BCUT2D eigenvalue weighted by Gasteiger charge is -2.17. The van der Waals surface area contributed by atoms with Crippen LogP contribution in [0.5, 0.6) is 0 Å². The summed E-state index contributed by atoms with van der Waals surface area (Å²) >= 11 is 6.47. The van der Waals surface area contributed by atoms with Gasteiger partial charge in [-0.1, -0.05) is 49.4 Å². The van der Waals surface area contributed by atoms with Gasteiger partial charge in [0.1, 0.15) is 5.82 Å². The fraction of sp³-hybridized carbons (Fsp3) is 0.483. The molecule has 1 saturated carbocycles. The first-order chi connectivity index (χ1) is 18.7. The van der Waals surface area contributed by atoms with E-state index in [4.69, 9.17) is 21.8 Å². The molecule has 0 bridgehead atoms. The SMILES string of the molecule is O=C(NC1CCCCCC1)c1ccc(CNc2c(Cl)ccc3c2CCNCC3)cc1F.O=C(O)CCC(=O)O. The number of amides is 1. The van der Waals surface area contributed by atoms with Crippen LogP contribution >= 0.6 is 11.6 Å². The Morgan fingerprint density at radius 3 is 2.26 bits per heavy atom. The summed E-state index contributed by atoms with van der Waals surface area (Å²) in [5.74, 6) is -2.94. The summed E-state index contributed by atoms with van der Waals surface area (Å²) in [5.41, 5.74) is 4.36. The Bertz CT molecular complexity index is 1140. The molecule has 1 fully saturated rings. The molecule has 39 heavy (non-hydrogen) atoms. The zero-order valence-electron chi connectivity index (χ0n) is 22.0. The van der Waals surface area contributed by atoms with E-state index in [2.05, 4.69) is 22.0 Å². The molecule has 212 valence electrons. The van der Waals surface area contributed by atoms with E-state index >= 15 is 0 Å². The molecule has 1 aliphatic carbocycles. The number of hydrogen-bond donors (Lipinski definition) is 5. The monoisotopic (exact) mass is 561 g/mol. The largest absolute Gasteiger partial charge is 0.481 e. The van der Waals surface area contributed by atoms with Crippen LogP contribution in [0.15, 0.2) is 30.3 Å². The van der Waals surface area contributed by atoms with Crippen molar-refractivity contribution in [2.24, 2.45) is 0 Å². The molecular weight excluding hydrogens is 525 g/mol. The number of rotatable bonds is 8. The second-order valence-electron chi connectivity index (χ2n) is 9.93. The number of carbonyl (C=O) groups excluding carboxylic acids is 1. The molecule has 2 aromatic rings. The molecule has 1 heterocycles. The second-order valence-corrected chi connectivity index (χ2v) is 10.3. The summed E-state index contributed by atoms with van der Waals surface area (Å²) < 4.78 is 14.7. The smallest absolute Gasteiger partial charge is 0.303 e. The second kappa shape index (κ2) is 15.4. The average molecular weight is 562 g/mol. The molecule has 0 radical (unpaired) electrons. The number of benzene rings is 2. The minimum absolute atomic E-state index is 0.116.